The lowest BCUT2D eigenvalue weighted by Gasteiger charge is -2.33. The highest BCUT2D eigenvalue weighted by Crippen LogP contribution is 2.31. The molecule has 9 nitrogen and oxygen atoms in total. The second-order valence-corrected chi connectivity index (χ2v) is 9.81. The number of Topliss-reactive ketones (excluding diaryl/α,β-unsaturated/α-hetero) is 1. The Kier molecular flexibility index (Phi) is 11.7. The van der Waals surface area contributed by atoms with Gasteiger partial charge in [-0.3, -0.25) is 9.59 Å². The lowest BCUT2D eigenvalue weighted by molar-refractivity contribution is -0.169. The minimum absolute atomic E-state index is 0.134. The molecular weight excluding hydrogens is 502 g/mol. The molecule has 2 heterocycles. The zero-order chi connectivity index (χ0) is 28.2. The molecule has 0 bridgehead atoms. The topological polar surface area (TPSA) is 121 Å². The van der Waals surface area contributed by atoms with Gasteiger partial charge in [0.15, 0.2) is 23.0 Å². The highest BCUT2D eigenvalue weighted by atomic mass is 16.6. The molecule has 1 fully saturated rings. The average molecular weight is 542 g/mol. The molecule has 4 atom stereocenters. The van der Waals surface area contributed by atoms with Crippen molar-refractivity contribution in [3.63, 3.8) is 0 Å². The maximum atomic E-state index is 13.2. The minimum atomic E-state index is -0.716. The molecule has 212 valence electrons. The summed E-state index contributed by atoms with van der Waals surface area (Å²) in [6.45, 7) is 4.27. The number of hydrogen-bond acceptors (Lipinski definition) is 9. The molecule has 39 heavy (non-hydrogen) atoms. The van der Waals surface area contributed by atoms with Gasteiger partial charge in [0.2, 0.25) is 0 Å². The van der Waals surface area contributed by atoms with Crippen LogP contribution in [0.25, 0.3) is 0 Å². The second-order valence-electron chi connectivity index (χ2n) is 9.81. The first-order valence-electron chi connectivity index (χ1n) is 13.7. The molecule has 1 saturated heterocycles. The summed E-state index contributed by atoms with van der Waals surface area (Å²) in [6, 6.07) is 10.2. The number of cyclic esters (lactones) is 1. The predicted molar refractivity (Wildman–Crippen MR) is 144 cm³/mol. The number of carbonyl (C=O) groups excluding carboxylic acids is 3. The summed E-state index contributed by atoms with van der Waals surface area (Å²) in [5.74, 6) is -2.38. The average Bonchev–Trinajstić information content (AvgIpc) is 2.94. The summed E-state index contributed by atoms with van der Waals surface area (Å²) in [6.07, 6.45) is 4.30. The first-order valence-corrected chi connectivity index (χ1v) is 13.7. The quantitative estimate of drug-likeness (QED) is 0.230. The van der Waals surface area contributed by atoms with Crippen molar-refractivity contribution >= 4 is 17.7 Å². The Morgan fingerprint density at radius 2 is 1.85 bits per heavy atom. The van der Waals surface area contributed by atoms with Crippen molar-refractivity contribution in [3.8, 4) is 11.5 Å². The summed E-state index contributed by atoms with van der Waals surface area (Å²) < 4.78 is 23.0. The van der Waals surface area contributed by atoms with Crippen LogP contribution in [0.2, 0.25) is 0 Å². The molecule has 0 spiro atoms. The summed E-state index contributed by atoms with van der Waals surface area (Å²) in [4.78, 5) is 43.1. The summed E-state index contributed by atoms with van der Waals surface area (Å²) in [5, 5.41) is 10.3. The Labute approximate surface area is 229 Å². The van der Waals surface area contributed by atoms with E-state index in [4.69, 9.17) is 18.9 Å². The van der Waals surface area contributed by atoms with Crippen LogP contribution in [0, 0.1) is 5.92 Å². The third-order valence-corrected chi connectivity index (χ3v) is 6.88. The number of hydrogen-bond donors (Lipinski definition) is 1. The van der Waals surface area contributed by atoms with Crippen molar-refractivity contribution in [3.05, 3.63) is 53.9 Å². The standard InChI is InChI=1S/C30H39NO8/c1-4-5-11-18-37-28-20(2)38-30(35)22(19-23(32)26-27(33)24(36-3)16-17-31-26)14-9-10-15-25(28)39-29(34)21-12-7-6-8-13-21/h6-8,12-13,16-17,20,22,25,28,33H,4-5,9-11,14-15,18-19H2,1-3H3/t20-,22+,25-,28-/m0/s1. The van der Waals surface area contributed by atoms with Crippen LogP contribution in [0.15, 0.2) is 42.6 Å². The first kappa shape index (κ1) is 30.1. The number of aromatic hydroxyl groups is 1. The number of nitrogens with zero attached hydrogens (tertiary/aromatic N) is 1. The Bertz CT molecular complexity index is 1090. The number of rotatable bonds is 11. The third kappa shape index (κ3) is 8.51. The van der Waals surface area contributed by atoms with Crippen LogP contribution in [-0.4, -0.2) is 59.8 Å². The fourth-order valence-corrected chi connectivity index (χ4v) is 4.70. The van der Waals surface area contributed by atoms with E-state index in [1.165, 1.54) is 19.4 Å². The molecule has 0 saturated carbocycles. The second kappa shape index (κ2) is 15.2. The minimum Gasteiger partial charge on any atom is -0.503 e. The van der Waals surface area contributed by atoms with E-state index in [-0.39, 0.29) is 23.6 Å². The maximum Gasteiger partial charge on any atom is 0.338 e. The number of methoxy groups -OCH3 is 1. The van der Waals surface area contributed by atoms with Gasteiger partial charge in [-0.05, 0) is 44.7 Å². The predicted octanol–water partition coefficient (Wildman–Crippen LogP) is 5.29. The fraction of sp³-hybridized carbons (Fsp3) is 0.533. The highest BCUT2D eigenvalue weighted by molar-refractivity contribution is 5.99. The molecule has 9 heteroatoms. The molecule has 1 aliphatic rings. The molecule has 0 radical (unpaired) electrons. The largest absolute Gasteiger partial charge is 0.503 e. The van der Waals surface area contributed by atoms with Crippen molar-refractivity contribution < 1.29 is 38.4 Å². The van der Waals surface area contributed by atoms with E-state index in [1.807, 2.05) is 6.07 Å². The van der Waals surface area contributed by atoms with E-state index in [9.17, 15) is 19.5 Å². The zero-order valence-electron chi connectivity index (χ0n) is 23.0. The van der Waals surface area contributed by atoms with Crippen LogP contribution >= 0.6 is 0 Å². The van der Waals surface area contributed by atoms with Gasteiger partial charge in [0.1, 0.15) is 18.3 Å². The van der Waals surface area contributed by atoms with E-state index < -0.39 is 42.0 Å². The van der Waals surface area contributed by atoms with Gasteiger partial charge in [0, 0.05) is 25.3 Å². The Balaban J connectivity index is 1.75. The number of pyridine rings is 1. The maximum absolute atomic E-state index is 13.2. The molecule has 0 aliphatic carbocycles. The third-order valence-electron chi connectivity index (χ3n) is 6.88. The molecule has 3 rings (SSSR count). The Morgan fingerprint density at radius 1 is 1.10 bits per heavy atom. The number of aromatic nitrogens is 1. The number of ether oxygens (including phenoxy) is 4. The van der Waals surface area contributed by atoms with Crippen LogP contribution in [-0.2, 0) is 19.0 Å². The van der Waals surface area contributed by atoms with Gasteiger partial charge in [-0.1, -0.05) is 44.4 Å². The number of esters is 2. The molecular formula is C30H39NO8. The number of unbranched alkanes of at least 4 members (excludes halogenated alkanes) is 2. The van der Waals surface area contributed by atoms with Crippen molar-refractivity contribution in [2.75, 3.05) is 13.7 Å². The van der Waals surface area contributed by atoms with E-state index in [0.717, 1.165) is 19.3 Å². The normalized spacial score (nSPS) is 22.0. The van der Waals surface area contributed by atoms with Gasteiger partial charge in [0.25, 0.3) is 0 Å². The van der Waals surface area contributed by atoms with Gasteiger partial charge >= 0.3 is 11.9 Å². The molecule has 1 aromatic heterocycles. The van der Waals surface area contributed by atoms with Crippen molar-refractivity contribution in [2.45, 2.75) is 83.5 Å². The fourth-order valence-electron chi connectivity index (χ4n) is 4.70. The van der Waals surface area contributed by atoms with Crippen LogP contribution < -0.4 is 4.74 Å². The van der Waals surface area contributed by atoms with Gasteiger partial charge in [-0.2, -0.15) is 0 Å². The lowest BCUT2D eigenvalue weighted by Crippen LogP contribution is -2.44. The zero-order valence-corrected chi connectivity index (χ0v) is 23.0. The van der Waals surface area contributed by atoms with Crippen LogP contribution in [0.1, 0.15) is 86.1 Å². The van der Waals surface area contributed by atoms with Crippen molar-refractivity contribution in [1.29, 1.82) is 0 Å². The summed E-state index contributed by atoms with van der Waals surface area (Å²) in [5.41, 5.74) is 0.300. The van der Waals surface area contributed by atoms with Gasteiger partial charge in [-0.15, -0.1) is 0 Å². The molecule has 1 aromatic carbocycles. The van der Waals surface area contributed by atoms with Gasteiger partial charge in [0.05, 0.1) is 18.6 Å². The van der Waals surface area contributed by atoms with Crippen LogP contribution in [0.3, 0.4) is 0 Å². The Morgan fingerprint density at radius 3 is 2.56 bits per heavy atom. The van der Waals surface area contributed by atoms with Crippen LogP contribution in [0.4, 0.5) is 0 Å². The lowest BCUT2D eigenvalue weighted by atomic mass is 9.92. The van der Waals surface area contributed by atoms with E-state index in [0.29, 0.717) is 37.9 Å². The van der Waals surface area contributed by atoms with E-state index >= 15 is 0 Å². The molecule has 1 N–H and O–H groups in total. The Hall–Kier alpha value is -3.46. The molecule has 1 aliphatic heterocycles. The summed E-state index contributed by atoms with van der Waals surface area (Å²) >= 11 is 0. The van der Waals surface area contributed by atoms with E-state index in [1.54, 1.807) is 31.2 Å². The summed E-state index contributed by atoms with van der Waals surface area (Å²) in [7, 11) is 1.38. The smallest absolute Gasteiger partial charge is 0.338 e. The number of benzene rings is 1. The van der Waals surface area contributed by atoms with Gasteiger partial charge in [-0.25, -0.2) is 9.78 Å². The SMILES string of the molecule is CCCCCO[C@H]1[C@H](C)OC(=O)[C@@H](CC(=O)c2nccc(OC)c2O)CCCC[C@@H]1OC(=O)c1ccccc1. The van der Waals surface area contributed by atoms with Crippen LogP contribution in [0.5, 0.6) is 11.5 Å². The molecule has 0 unspecified atom stereocenters. The van der Waals surface area contributed by atoms with Crippen molar-refractivity contribution in [1.82, 2.24) is 4.98 Å². The molecule has 2 aromatic rings. The van der Waals surface area contributed by atoms with E-state index in [2.05, 4.69) is 11.9 Å². The highest BCUT2D eigenvalue weighted by Gasteiger charge is 2.36. The first-order chi connectivity index (χ1) is 18.8. The van der Waals surface area contributed by atoms with Gasteiger partial charge < -0.3 is 24.1 Å². The molecule has 0 amide bonds. The number of ketones is 1. The monoisotopic (exact) mass is 541 g/mol. The van der Waals surface area contributed by atoms with Crippen molar-refractivity contribution in [2.24, 2.45) is 5.92 Å². The number of carbonyl (C=O) groups is 3.